The summed E-state index contributed by atoms with van der Waals surface area (Å²) in [6.45, 7) is 3.69. The van der Waals surface area contributed by atoms with Crippen LogP contribution in [-0.2, 0) is 16.1 Å². The molecule has 0 radical (unpaired) electrons. The van der Waals surface area contributed by atoms with Gasteiger partial charge in [-0.05, 0) is 47.9 Å². The minimum atomic E-state index is -0.765. The lowest BCUT2D eigenvalue weighted by atomic mass is 9.95. The maximum absolute atomic E-state index is 13.3. The van der Waals surface area contributed by atoms with Crippen LogP contribution in [0.3, 0.4) is 0 Å². The number of ether oxygens (including phenoxy) is 3. The first kappa shape index (κ1) is 23.5. The summed E-state index contributed by atoms with van der Waals surface area (Å²) in [7, 11) is 0. The highest BCUT2D eigenvalue weighted by atomic mass is 16.6. The van der Waals surface area contributed by atoms with Crippen LogP contribution in [0.1, 0.15) is 36.1 Å². The number of carbonyl (C=O) groups is 2. The molecule has 0 bridgehead atoms. The van der Waals surface area contributed by atoms with E-state index >= 15 is 0 Å². The molecule has 1 unspecified atom stereocenters. The van der Waals surface area contributed by atoms with Crippen molar-refractivity contribution in [3.05, 3.63) is 95.1 Å². The molecule has 7 nitrogen and oxygen atoms in total. The van der Waals surface area contributed by atoms with E-state index in [1.165, 1.54) is 4.90 Å². The van der Waals surface area contributed by atoms with Crippen molar-refractivity contribution >= 4 is 17.4 Å². The topological polar surface area (TPSA) is 85.3 Å². The molecule has 1 amide bonds. The number of hydrogen-bond donors (Lipinski definition) is 1. The molecule has 0 aromatic heterocycles. The van der Waals surface area contributed by atoms with Gasteiger partial charge in [0.1, 0.15) is 24.7 Å². The number of fused-ring (bicyclic) bond motifs is 1. The number of aliphatic hydroxyl groups excluding tert-OH is 1. The van der Waals surface area contributed by atoms with Crippen molar-refractivity contribution in [3.8, 4) is 17.2 Å². The second-order valence-corrected chi connectivity index (χ2v) is 8.69. The molecule has 1 fully saturated rings. The fourth-order valence-corrected chi connectivity index (χ4v) is 4.48. The van der Waals surface area contributed by atoms with E-state index in [0.29, 0.717) is 48.2 Å². The number of benzene rings is 3. The van der Waals surface area contributed by atoms with Crippen LogP contribution in [0, 0.1) is 0 Å². The van der Waals surface area contributed by atoms with Crippen LogP contribution in [0.25, 0.3) is 5.76 Å². The maximum atomic E-state index is 13.3. The van der Waals surface area contributed by atoms with Gasteiger partial charge >= 0.3 is 0 Å². The second-order valence-electron chi connectivity index (χ2n) is 8.69. The lowest BCUT2D eigenvalue weighted by molar-refractivity contribution is -0.140. The van der Waals surface area contributed by atoms with E-state index < -0.39 is 17.7 Å². The third-order valence-corrected chi connectivity index (χ3v) is 6.22. The summed E-state index contributed by atoms with van der Waals surface area (Å²) in [6, 6.07) is 21.0. The Kier molecular flexibility index (Phi) is 6.62. The standard InChI is InChI=1S/C29H27NO6/c1-2-14-34-22-11-8-20(9-12-22)26-25(27(31)21-10-13-23-24(17-21)36-16-15-35-23)28(32)29(33)30(26)18-19-6-4-3-5-7-19/h3-13,17,26,31H,2,14-16,18H2,1H3/b27-25-. The number of likely N-dealkylation sites (tertiary alicyclic amines) is 1. The molecular formula is C29H27NO6. The minimum absolute atomic E-state index is 0.0369. The van der Waals surface area contributed by atoms with Gasteiger partial charge in [-0.1, -0.05) is 49.4 Å². The summed E-state index contributed by atoms with van der Waals surface area (Å²) < 4.78 is 16.9. The fourth-order valence-electron chi connectivity index (χ4n) is 4.48. The van der Waals surface area contributed by atoms with Gasteiger partial charge in [0, 0.05) is 12.1 Å². The van der Waals surface area contributed by atoms with Crippen LogP contribution < -0.4 is 14.2 Å². The third-order valence-electron chi connectivity index (χ3n) is 6.22. The molecule has 3 aromatic carbocycles. The number of rotatable bonds is 7. The van der Waals surface area contributed by atoms with Gasteiger partial charge in [0.2, 0.25) is 0 Å². The average Bonchev–Trinajstić information content (AvgIpc) is 3.17. The monoisotopic (exact) mass is 485 g/mol. The lowest BCUT2D eigenvalue weighted by Crippen LogP contribution is -2.29. The normalized spacial score (nSPS) is 18.4. The van der Waals surface area contributed by atoms with Crippen molar-refractivity contribution in [1.82, 2.24) is 4.90 Å². The zero-order chi connectivity index (χ0) is 25.1. The van der Waals surface area contributed by atoms with Crippen LogP contribution >= 0.6 is 0 Å². The summed E-state index contributed by atoms with van der Waals surface area (Å²) in [6.07, 6.45) is 0.883. The van der Waals surface area contributed by atoms with E-state index in [-0.39, 0.29) is 17.9 Å². The van der Waals surface area contributed by atoms with Crippen molar-refractivity contribution in [3.63, 3.8) is 0 Å². The molecule has 5 rings (SSSR count). The number of Topliss-reactive ketones (excluding diaryl/α,β-unsaturated/α-hetero) is 1. The van der Waals surface area contributed by atoms with Gasteiger partial charge in [0.15, 0.2) is 11.5 Å². The Labute approximate surface area is 209 Å². The van der Waals surface area contributed by atoms with E-state index in [1.807, 2.05) is 61.5 Å². The van der Waals surface area contributed by atoms with Crippen LogP contribution in [-0.4, -0.2) is 41.5 Å². The Hall–Kier alpha value is -4.26. The quantitative estimate of drug-likeness (QED) is 0.292. The first-order valence-corrected chi connectivity index (χ1v) is 12.0. The Balaban J connectivity index is 1.59. The molecule has 0 spiro atoms. The first-order valence-electron chi connectivity index (χ1n) is 12.0. The summed E-state index contributed by atoms with van der Waals surface area (Å²) in [5, 5.41) is 11.4. The van der Waals surface area contributed by atoms with Gasteiger partial charge in [-0.15, -0.1) is 0 Å². The smallest absolute Gasteiger partial charge is 0.295 e. The number of hydrogen-bond acceptors (Lipinski definition) is 6. The average molecular weight is 486 g/mol. The van der Waals surface area contributed by atoms with Crippen molar-refractivity contribution in [2.75, 3.05) is 19.8 Å². The van der Waals surface area contributed by atoms with Crippen LogP contribution in [0.15, 0.2) is 78.4 Å². The third kappa shape index (κ3) is 4.52. The minimum Gasteiger partial charge on any atom is -0.507 e. The predicted molar refractivity (Wildman–Crippen MR) is 134 cm³/mol. The predicted octanol–water partition coefficient (Wildman–Crippen LogP) is 4.87. The van der Waals surface area contributed by atoms with E-state index in [1.54, 1.807) is 18.2 Å². The molecule has 1 N–H and O–H groups in total. The lowest BCUT2D eigenvalue weighted by Gasteiger charge is -2.26. The number of aliphatic hydroxyl groups is 1. The molecule has 3 aromatic rings. The van der Waals surface area contributed by atoms with Gasteiger partial charge in [-0.2, -0.15) is 0 Å². The Morgan fingerprint density at radius 2 is 1.69 bits per heavy atom. The highest BCUT2D eigenvalue weighted by Crippen LogP contribution is 2.42. The Bertz CT molecular complexity index is 1300. The molecule has 2 heterocycles. The van der Waals surface area contributed by atoms with Crippen molar-refractivity contribution in [1.29, 1.82) is 0 Å². The number of amides is 1. The summed E-state index contributed by atoms with van der Waals surface area (Å²) in [4.78, 5) is 28.1. The summed E-state index contributed by atoms with van der Waals surface area (Å²) >= 11 is 0. The largest absolute Gasteiger partial charge is 0.507 e. The second kappa shape index (κ2) is 10.2. The highest BCUT2D eigenvalue weighted by molar-refractivity contribution is 6.46. The maximum Gasteiger partial charge on any atom is 0.295 e. The molecule has 36 heavy (non-hydrogen) atoms. The highest BCUT2D eigenvalue weighted by Gasteiger charge is 2.46. The van der Waals surface area contributed by atoms with Crippen molar-refractivity contribution in [2.24, 2.45) is 0 Å². The summed E-state index contributed by atoms with van der Waals surface area (Å²) in [5.74, 6) is 0.118. The molecule has 1 atom stereocenters. The van der Waals surface area contributed by atoms with Gasteiger partial charge < -0.3 is 24.2 Å². The SMILES string of the molecule is CCCOc1ccc(C2/C(=C(/O)c3ccc4c(c3)OCCO4)C(=O)C(=O)N2Cc2ccccc2)cc1. The van der Waals surface area contributed by atoms with E-state index in [4.69, 9.17) is 14.2 Å². The molecule has 7 heteroatoms. The van der Waals surface area contributed by atoms with Gasteiger partial charge in [-0.3, -0.25) is 9.59 Å². The molecule has 0 saturated carbocycles. The first-order chi connectivity index (χ1) is 17.6. The molecular weight excluding hydrogens is 458 g/mol. The van der Waals surface area contributed by atoms with Gasteiger partial charge in [0.25, 0.3) is 11.7 Å². The Morgan fingerprint density at radius 1 is 0.972 bits per heavy atom. The molecule has 2 aliphatic rings. The molecule has 2 aliphatic heterocycles. The summed E-state index contributed by atoms with van der Waals surface area (Å²) in [5.41, 5.74) is 2.00. The molecule has 1 saturated heterocycles. The van der Waals surface area contributed by atoms with Crippen LogP contribution in [0.4, 0.5) is 0 Å². The van der Waals surface area contributed by atoms with Crippen molar-refractivity contribution in [2.45, 2.75) is 25.9 Å². The molecule has 184 valence electrons. The van der Waals surface area contributed by atoms with E-state index in [0.717, 1.165) is 12.0 Å². The zero-order valence-corrected chi connectivity index (χ0v) is 20.0. The van der Waals surface area contributed by atoms with Crippen LogP contribution in [0.5, 0.6) is 17.2 Å². The van der Waals surface area contributed by atoms with Gasteiger partial charge in [0.05, 0.1) is 18.2 Å². The molecule has 0 aliphatic carbocycles. The van der Waals surface area contributed by atoms with Crippen molar-refractivity contribution < 1.29 is 28.9 Å². The number of carbonyl (C=O) groups excluding carboxylic acids is 2. The fraction of sp³-hybridized carbons (Fsp3) is 0.241. The zero-order valence-electron chi connectivity index (χ0n) is 20.0. The number of nitrogens with zero attached hydrogens (tertiary/aromatic N) is 1. The van der Waals surface area contributed by atoms with E-state index in [2.05, 4.69) is 0 Å². The van der Waals surface area contributed by atoms with Crippen LogP contribution in [0.2, 0.25) is 0 Å². The Morgan fingerprint density at radius 3 is 2.42 bits per heavy atom. The van der Waals surface area contributed by atoms with E-state index in [9.17, 15) is 14.7 Å². The number of ketones is 1. The van der Waals surface area contributed by atoms with Gasteiger partial charge in [-0.25, -0.2) is 0 Å².